The topological polar surface area (TPSA) is 26.3 Å². The van der Waals surface area contributed by atoms with Gasteiger partial charge in [0.1, 0.15) is 16.7 Å². The third kappa shape index (κ3) is 2.61. The fourth-order valence-corrected chi connectivity index (χ4v) is 5.87. The van der Waals surface area contributed by atoms with Crippen molar-refractivity contribution in [2.24, 2.45) is 0 Å². The lowest BCUT2D eigenvalue weighted by Crippen LogP contribution is -1.91. The molecule has 2 nitrogen and oxygen atoms in total. The van der Waals surface area contributed by atoms with E-state index >= 15 is 0 Å². The predicted octanol–water partition coefficient (Wildman–Crippen LogP) is 9.97. The molecule has 6 aromatic carbocycles. The highest BCUT2D eigenvalue weighted by Crippen LogP contribution is 2.47. The maximum Gasteiger partial charge on any atom is 0.145 e. The largest absolute Gasteiger partial charge is 0.464 e. The quantitative estimate of drug-likeness (QED) is 0.240. The molecule has 2 aromatic heterocycles. The molecule has 0 N–H and O–H groups in total. The summed E-state index contributed by atoms with van der Waals surface area (Å²) in [6.45, 7) is 0. The summed E-state index contributed by atoms with van der Waals surface area (Å²) in [6.07, 6.45) is 1.75. The van der Waals surface area contributed by atoms with Crippen molar-refractivity contribution < 1.29 is 8.83 Å². The molecule has 168 valence electrons. The van der Waals surface area contributed by atoms with Crippen LogP contribution >= 0.6 is 0 Å². The van der Waals surface area contributed by atoms with Gasteiger partial charge in [-0.25, -0.2) is 0 Å². The average Bonchev–Trinajstić information content (AvgIpc) is 3.56. The average molecular weight is 461 g/mol. The fourth-order valence-electron chi connectivity index (χ4n) is 5.87. The van der Waals surface area contributed by atoms with Crippen LogP contribution in [0.2, 0.25) is 0 Å². The number of hydrogen-bond acceptors (Lipinski definition) is 2. The van der Waals surface area contributed by atoms with Gasteiger partial charge < -0.3 is 8.83 Å². The molecule has 0 amide bonds. The van der Waals surface area contributed by atoms with Gasteiger partial charge in [0.25, 0.3) is 0 Å². The molecule has 0 atom stereocenters. The van der Waals surface area contributed by atoms with Gasteiger partial charge in [-0.2, -0.15) is 0 Å². The first-order valence-corrected chi connectivity index (χ1v) is 12.2. The summed E-state index contributed by atoms with van der Waals surface area (Å²) in [4.78, 5) is 0. The maximum atomic E-state index is 6.35. The van der Waals surface area contributed by atoms with Crippen molar-refractivity contribution in [3.63, 3.8) is 0 Å². The number of fused-ring (bicyclic) bond motifs is 7. The number of benzene rings is 6. The fraction of sp³-hybridized carbons (Fsp3) is 0. The zero-order valence-electron chi connectivity index (χ0n) is 19.4. The summed E-state index contributed by atoms with van der Waals surface area (Å²) >= 11 is 0. The Morgan fingerprint density at radius 2 is 1.08 bits per heavy atom. The van der Waals surface area contributed by atoms with Gasteiger partial charge in [-0.3, -0.25) is 0 Å². The van der Waals surface area contributed by atoms with E-state index in [1.54, 1.807) is 6.26 Å². The lowest BCUT2D eigenvalue weighted by Gasteiger charge is -2.18. The van der Waals surface area contributed by atoms with Gasteiger partial charge in [0, 0.05) is 10.8 Å². The summed E-state index contributed by atoms with van der Waals surface area (Å²) in [5, 5.41) is 8.14. The SMILES string of the molecule is c1ccc(-c2c3ccccc3c(-c3cccc4oc5ccc6ccoc6c5c34)c3ccccc23)cc1. The molecular weight excluding hydrogens is 440 g/mol. The Morgan fingerprint density at radius 1 is 0.444 bits per heavy atom. The summed E-state index contributed by atoms with van der Waals surface area (Å²) in [5.41, 5.74) is 7.44. The van der Waals surface area contributed by atoms with Crippen LogP contribution in [-0.2, 0) is 0 Å². The van der Waals surface area contributed by atoms with Crippen molar-refractivity contribution in [2.45, 2.75) is 0 Å². The van der Waals surface area contributed by atoms with Crippen molar-refractivity contribution in [1.82, 2.24) is 0 Å². The van der Waals surface area contributed by atoms with E-state index in [2.05, 4.69) is 103 Å². The normalized spacial score (nSPS) is 11.9. The van der Waals surface area contributed by atoms with Gasteiger partial charge >= 0.3 is 0 Å². The van der Waals surface area contributed by atoms with Gasteiger partial charge in [0.2, 0.25) is 0 Å². The van der Waals surface area contributed by atoms with Crippen molar-refractivity contribution in [2.75, 3.05) is 0 Å². The third-order valence-electron chi connectivity index (χ3n) is 7.34. The summed E-state index contributed by atoms with van der Waals surface area (Å²) in [7, 11) is 0. The van der Waals surface area contributed by atoms with Gasteiger partial charge in [-0.15, -0.1) is 0 Å². The number of hydrogen-bond donors (Lipinski definition) is 0. The highest BCUT2D eigenvalue weighted by molar-refractivity contribution is 6.27. The molecule has 36 heavy (non-hydrogen) atoms. The second-order valence-electron chi connectivity index (χ2n) is 9.27. The Hall–Kier alpha value is -4.82. The lowest BCUT2D eigenvalue weighted by molar-refractivity contribution is 0.618. The van der Waals surface area contributed by atoms with Crippen LogP contribution < -0.4 is 0 Å². The predicted molar refractivity (Wildman–Crippen MR) is 149 cm³/mol. The van der Waals surface area contributed by atoms with Gasteiger partial charge in [-0.05, 0) is 68.1 Å². The van der Waals surface area contributed by atoms with Crippen molar-refractivity contribution in [3.05, 3.63) is 122 Å². The van der Waals surface area contributed by atoms with Crippen LogP contribution in [0.3, 0.4) is 0 Å². The van der Waals surface area contributed by atoms with Crippen LogP contribution in [0.25, 0.3) is 76.7 Å². The van der Waals surface area contributed by atoms with E-state index in [1.807, 2.05) is 12.1 Å². The maximum absolute atomic E-state index is 6.35. The van der Waals surface area contributed by atoms with Gasteiger partial charge in [-0.1, -0.05) is 91.0 Å². The third-order valence-corrected chi connectivity index (χ3v) is 7.34. The summed E-state index contributed by atoms with van der Waals surface area (Å²) in [5.74, 6) is 0. The van der Waals surface area contributed by atoms with Gasteiger partial charge in [0.15, 0.2) is 0 Å². The Morgan fingerprint density at radius 3 is 1.81 bits per heavy atom. The minimum Gasteiger partial charge on any atom is -0.464 e. The standard InChI is InChI=1S/C34H20O2/c1-2-9-21(10-3-1)30-23-11-4-6-13-25(23)31(26-14-7-5-12-24(26)30)27-15-8-16-28-32(27)33-29(36-28)18-17-22-19-20-35-34(22)33/h1-20H. The minimum atomic E-state index is 0.842. The minimum absolute atomic E-state index is 0.842. The summed E-state index contributed by atoms with van der Waals surface area (Å²) < 4.78 is 12.3. The molecule has 0 aliphatic rings. The van der Waals surface area contributed by atoms with Crippen LogP contribution in [-0.4, -0.2) is 0 Å². The molecule has 0 aliphatic carbocycles. The Bertz CT molecular complexity index is 2030. The van der Waals surface area contributed by atoms with E-state index in [0.29, 0.717) is 0 Å². The lowest BCUT2D eigenvalue weighted by atomic mass is 9.85. The molecule has 0 aliphatic heterocycles. The van der Waals surface area contributed by atoms with Crippen molar-refractivity contribution >= 4 is 54.5 Å². The Kier molecular flexibility index (Phi) is 3.97. The smallest absolute Gasteiger partial charge is 0.145 e. The summed E-state index contributed by atoms with van der Waals surface area (Å²) in [6, 6.07) is 40.7. The monoisotopic (exact) mass is 460 g/mol. The molecule has 0 bridgehead atoms. The second kappa shape index (κ2) is 7.34. The van der Waals surface area contributed by atoms with Gasteiger partial charge in [0.05, 0.1) is 11.6 Å². The highest BCUT2D eigenvalue weighted by atomic mass is 16.3. The first-order valence-electron chi connectivity index (χ1n) is 12.2. The highest BCUT2D eigenvalue weighted by Gasteiger charge is 2.21. The van der Waals surface area contributed by atoms with Crippen LogP contribution in [0, 0.1) is 0 Å². The second-order valence-corrected chi connectivity index (χ2v) is 9.27. The van der Waals surface area contributed by atoms with Crippen LogP contribution in [0.15, 0.2) is 130 Å². The van der Waals surface area contributed by atoms with Crippen molar-refractivity contribution in [3.8, 4) is 22.3 Å². The number of rotatable bonds is 2. The zero-order valence-corrected chi connectivity index (χ0v) is 19.4. The molecule has 0 radical (unpaired) electrons. The molecule has 2 heterocycles. The number of furan rings is 2. The van der Waals surface area contributed by atoms with Crippen LogP contribution in [0.4, 0.5) is 0 Å². The van der Waals surface area contributed by atoms with E-state index in [-0.39, 0.29) is 0 Å². The van der Waals surface area contributed by atoms with E-state index in [9.17, 15) is 0 Å². The first-order chi connectivity index (χ1) is 17.9. The molecule has 0 fully saturated rings. The first kappa shape index (κ1) is 19.5. The van der Waals surface area contributed by atoms with Crippen molar-refractivity contribution in [1.29, 1.82) is 0 Å². The zero-order chi connectivity index (χ0) is 23.6. The van der Waals surface area contributed by atoms with Crippen LogP contribution in [0.1, 0.15) is 0 Å². The molecular formula is C34H20O2. The molecule has 0 saturated heterocycles. The van der Waals surface area contributed by atoms with E-state index in [0.717, 1.165) is 38.5 Å². The molecule has 0 saturated carbocycles. The van der Waals surface area contributed by atoms with E-state index in [1.165, 1.54) is 38.2 Å². The van der Waals surface area contributed by atoms with Crippen LogP contribution in [0.5, 0.6) is 0 Å². The Balaban J connectivity index is 1.61. The Labute approximate surface area is 207 Å². The molecule has 8 aromatic rings. The van der Waals surface area contributed by atoms with E-state index in [4.69, 9.17) is 8.83 Å². The molecule has 2 heteroatoms. The molecule has 8 rings (SSSR count). The molecule has 0 unspecified atom stereocenters. The molecule has 0 spiro atoms. The van der Waals surface area contributed by atoms with E-state index < -0.39 is 0 Å².